The average molecular weight is 132 g/mol. The highest BCUT2D eigenvalue weighted by atomic mass is 35.6. The first kappa shape index (κ1) is 5.87. The van der Waals surface area contributed by atoms with Gasteiger partial charge < -0.3 is 0 Å². The molecule has 0 aliphatic carbocycles. The summed E-state index contributed by atoms with van der Waals surface area (Å²) < 4.78 is -1.33. The van der Waals surface area contributed by atoms with E-state index in [1.54, 1.807) is 0 Å². The van der Waals surface area contributed by atoms with Gasteiger partial charge in [0.2, 0.25) is 0 Å². The van der Waals surface area contributed by atoms with Gasteiger partial charge in [-0.05, 0) is 6.92 Å². The molecule has 0 aromatic heterocycles. The van der Waals surface area contributed by atoms with E-state index in [0.717, 1.165) is 0 Å². The Kier molecular flexibility index (Phi) is 1.81. The molecular weight excluding hydrogens is 130 g/mol. The van der Waals surface area contributed by atoms with E-state index in [-0.39, 0.29) is 0 Å². The van der Waals surface area contributed by atoms with Gasteiger partial charge in [0.1, 0.15) is 0 Å². The molecule has 0 amide bonds. The minimum absolute atomic E-state index is 1.33. The van der Waals surface area contributed by atoms with Gasteiger partial charge in [-0.2, -0.15) is 0 Å². The molecule has 3 heteroatoms. The molecular formula is C2H2Cl3. The molecule has 0 heterocycles. The van der Waals surface area contributed by atoms with E-state index in [9.17, 15) is 0 Å². The highest BCUT2D eigenvalue weighted by Crippen LogP contribution is 2.22. The van der Waals surface area contributed by atoms with Crippen molar-refractivity contribution in [2.45, 2.75) is 3.79 Å². The van der Waals surface area contributed by atoms with Crippen molar-refractivity contribution in [3.8, 4) is 0 Å². The summed E-state index contributed by atoms with van der Waals surface area (Å²) in [6.45, 7) is 3.07. The molecule has 0 nitrogen and oxygen atoms in total. The van der Waals surface area contributed by atoms with Gasteiger partial charge in [-0.3, -0.25) is 0 Å². The Morgan fingerprint density at radius 3 is 1.20 bits per heavy atom. The molecule has 0 saturated heterocycles. The average Bonchev–Trinajstić information content (AvgIpc) is 0.722. The van der Waals surface area contributed by atoms with E-state index in [2.05, 4.69) is 6.92 Å². The fourth-order valence-corrected chi connectivity index (χ4v) is 0. The van der Waals surface area contributed by atoms with Crippen molar-refractivity contribution in [1.82, 2.24) is 0 Å². The molecule has 0 aromatic rings. The minimum atomic E-state index is -1.33. The Morgan fingerprint density at radius 2 is 1.20 bits per heavy atom. The van der Waals surface area contributed by atoms with Crippen LogP contribution in [0.3, 0.4) is 0 Å². The van der Waals surface area contributed by atoms with Crippen LogP contribution in [-0.2, 0) is 0 Å². The number of hydrogen-bond donors (Lipinski definition) is 0. The van der Waals surface area contributed by atoms with Gasteiger partial charge in [-0.15, -0.1) is 0 Å². The Labute approximate surface area is 46.0 Å². The summed E-state index contributed by atoms with van der Waals surface area (Å²) in [6.07, 6.45) is 0. The Bertz CT molecular complexity index is 20.4. The van der Waals surface area contributed by atoms with Crippen molar-refractivity contribution < 1.29 is 0 Å². The lowest BCUT2D eigenvalue weighted by atomic mass is 10.9. The summed E-state index contributed by atoms with van der Waals surface area (Å²) in [5.41, 5.74) is 0. The monoisotopic (exact) mass is 131 g/mol. The van der Waals surface area contributed by atoms with E-state index < -0.39 is 3.79 Å². The van der Waals surface area contributed by atoms with E-state index in [1.165, 1.54) is 0 Å². The maximum Gasteiger partial charge on any atom is 0.190 e. The van der Waals surface area contributed by atoms with Crippen LogP contribution in [0.25, 0.3) is 0 Å². The maximum atomic E-state index is 4.95. The van der Waals surface area contributed by atoms with Crippen molar-refractivity contribution in [1.29, 1.82) is 0 Å². The third-order valence-electron chi connectivity index (χ3n) is 0. The van der Waals surface area contributed by atoms with E-state index in [1.807, 2.05) is 0 Å². The molecule has 0 aliphatic heterocycles. The SMILES string of the molecule is [CH2]C(Cl)(Cl)Cl. The van der Waals surface area contributed by atoms with Crippen molar-refractivity contribution >= 4 is 34.8 Å². The molecule has 1 radical (unpaired) electrons. The molecule has 0 rings (SSSR count). The van der Waals surface area contributed by atoms with Crippen LogP contribution in [0.15, 0.2) is 0 Å². The number of hydrogen-bond acceptors (Lipinski definition) is 0. The highest BCUT2D eigenvalue weighted by Gasteiger charge is 2.07. The Hall–Kier alpha value is 0.870. The number of halogens is 3. The third kappa shape index (κ3) is 53.0. The standard InChI is InChI=1S/C2H2Cl3/c1-2(3,4)5/h1H2. The summed E-state index contributed by atoms with van der Waals surface area (Å²) >= 11 is 14.8. The normalized spacial score (nSPS) is 12.0. The second-order valence-corrected chi connectivity index (χ2v) is 3.13. The van der Waals surface area contributed by atoms with Crippen LogP contribution in [0.1, 0.15) is 0 Å². The second-order valence-electron chi connectivity index (χ2n) is 0.615. The summed E-state index contributed by atoms with van der Waals surface area (Å²) in [5.74, 6) is 0. The molecule has 0 aromatic carbocycles. The molecule has 0 fully saturated rings. The van der Waals surface area contributed by atoms with Gasteiger partial charge in [-0.1, -0.05) is 34.8 Å². The lowest BCUT2D eigenvalue weighted by molar-refractivity contribution is 1.48. The lowest BCUT2D eigenvalue weighted by Gasteiger charge is -1.94. The predicted molar refractivity (Wildman–Crippen MR) is 25.6 cm³/mol. The molecule has 0 aliphatic rings. The predicted octanol–water partition coefficient (Wildman–Crippen LogP) is 2.19. The molecule has 5 heavy (non-hydrogen) atoms. The first-order chi connectivity index (χ1) is 2.00. The summed E-state index contributed by atoms with van der Waals surface area (Å²) in [7, 11) is 0. The van der Waals surface area contributed by atoms with Gasteiger partial charge in [0, 0.05) is 0 Å². The molecule has 31 valence electrons. The Balaban J connectivity index is 3.02. The zero-order valence-electron chi connectivity index (χ0n) is 2.34. The maximum absolute atomic E-state index is 4.95. The van der Waals surface area contributed by atoms with Crippen LogP contribution in [0.4, 0.5) is 0 Å². The van der Waals surface area contributed by atoms with Crippen molar-refractivity contribution in [3.05, 3.63) is 6.92 Å². The Morgan fingerprint density at radius 1 is 1.20 bits per heavy atom. The minimum Gasteiger partial charge on any atom is -0.0837 e. The smallest absolute Gasteiger partial charge is 0.0837 e. The van der Waals surface area contributed by atoms with Crippen molar-refractivity contribution in [2.75, 3.05) is 0 Å². The van der Waals surface area contributed by atoms with Gasteiger partial charge in [-0.25, -0.2) is 0 Å². The van der Waals surface area contributed by atoms with Gasteiger partial charge in [0.25, 0.3) is 0 Å². The zero-order chi connectivity index (χ0) is 4.50. The summed E-state index contributed by atoms with van der Waals surface area (Å²) in [5, 5.41) is 0. The number of rotatable bonds is 0. The first-order valence-corrected chi connectivity index (χ1v) is 2.05. The largest absolute Gasteiger partial charge is 0.190 e. The summed E-state index contributed by atoms with van der Waals surface area (Å²) in [4.78, 5) is 0. The zero-order valence-corrected chi connectivity index (χ0v) is 4.61. The number of alkyl halides is 3. The molecule has 0 N–H and O–H groups in total. The van der Waals surface area contributed by atoms with Crippen molar-refractivity contribution in [3.63, 3.8) is 0 Å². The van der Waals surface area contributed by atoms with Gasteiger partial charge in [0.05, 0.1) is 0 Å². The first-order valence-electron chi connectivity index (χ1n) is 0.921. The molecule has 0 atom stereocenters. The van der Waals surface area contributed by atoms with E-state index in [4.69, 9.17) is 34.8 Å². The lowest BCUT2D eigenvalue weighted by Crippen LogP contribution is -1.88. The van der Waals surface area contributed by atoms with Gasteiger partial charge >= 0.3 is 0 Å². The van der Waals surface area contributed by atoms with Crippen LogP contribution >= 0.6 is 34.8 Å². The fourth-order valence-electron chi connectivity index (χ4n) is 0. The molecule has 0 bridgehead atoms. The molecule has 0 saturated carbocycles. The highest BCUT2D eigenvalue weighted by molar-refractivity contribution is 6.68. The topological polar surface area (TPSA) is 0 Å². The van der Waals surface area contributed by atoms with E-state index in [0.29, 0.717) is 0 Å². The van der Waals surface area contributed by atoms with Crippen LogP contribution in [0, 0.1) is 6.92 Å². The quantitative estimate of drug-likeness (QED) is 0.443. The van der Waals surface area contributed by atoms with Crippen LogP contribution in [0.2, 0.25) is 0 Å². The summed E-state index contributed by atoms with van der Waals surface area (Å²) in [6, 6.07) is 0. The van der Waals surface area contributed by atoms with Crippen LogP contribution < -0.4 is 0 Å². The third-order valence-corrected chi connectivity index (χ3v) is 0. The molecule has 0 spiro atoms. The second kappa shape index (κ2) is 1.55. The van der Waals surface area contributed by atoms with Gasteiger partial charge in [0.15, 0.2) is 3.79 Å². The van der Waals surface area contributed by atoms with Crippen LogP contribution in [0.5, 0.6) is 0 Å². The fraction of sp³-hybridized carbons (Fsp3) is 0.500. The van der Waals surface area contributed by atoms with E-state index >= 15 is 0 Å². The van der Waals surface area contributed by atoms with Crippen LogP contribution in [-0.4, -0.2) is 3.79 Å². The van der Waals surface area contributed by atoms with Crippen molar-refractivity contribution in [2.24, 2.45) is 0 Å². The molecule has 0 unspecified atom stereocenters.